The van der Waals surface area contributed by atoms with Gasteiger partial charge in [-0.05, 0) is 12.1 Å². The van der Waals surface area contributed by atoms with Crippen LogP contribution < -0.4 is 0 Å². The lowest BCUT2D eigenvalue weighted by Crippen LogP contribution is -2.22. The van der Waals surface area contributed by atoms with Gasteiger partial charge in [0.25, 0.3) is 0 Å². The van der Waals surface area contributed by atoms with E-state index in [9.17, 15) is 0 Å². The van der Waals surface area contributed by atoms with E-state index in [0.29, 0.717) is 0 Å². The van der Waals surface area contributed by atoms with Gasteiger partial charge in [0.05, 0.1) is 20.3 Å². The molecule has 0 aromatic rings. The summed E-state index contributed by atoms with van der Waals surface area (Å²) >= 11 is 0. The number of fused-ring (bicyclic) bond motifs is 1. The summed E-state index contributed by atoms with van der Waals surface area (Å²) in [5.41, 5.74) is 0. The average Bonchev–Trinajstić information content (AvgIpc) is 2.11. The first kappa shape index (κ1) is 5.00. The van der Waals surface area contributed by atoms with Gasteiger partial charge in [0.15, 0.2) is 0 Å². The third-order valence-electron chi connectivity index (χ3n) is 2.20. The number of hydrogen-bond acceptors (Lipinski definition) is 1. The fourth-order valence-electron chi connectivity index (χ4n) is 1.71. The summed E-state index contributed by atoms with van der Waals surface area (Å²) < 4.78 is 5.32. The Morgan fingerprint density at radius 3 is 2.00 bits per heavy atom. The summed E-state index contributed by atoms with van der Waals surface area (Å²) in [6.45, 7) is 4.92. The largest absolute Gasteiger partial charge is 0.370 e. The van der Waals surface area contributed by atoms with Gasteiger partial charge in [-0.2, -0.15) is 0 Å². The van der Waals surface area contributed by atoms with Crippen LogP contribution in [0.2, 0.25) is 25.2 Å². The second-order valence-corrected chi connectivity index (χ2v) is 8.93. The molecule has 2 unspecified atom stereocenters. The summed E-state index contributed by atoms with van der Waals surface area (Å²) in [4.78, 5) is 0. The molecule has 46 valence electrons. The molecule has 2 heterocycles. The predicted octanol–water partition coefficient (Wildman–Crippen LogP) is 1.48. The van der Waals surface area contributed by atoms with E-state index in [-0.39, 0.29) is 0 Å². The van der Waals surface area contributed by atoms with Gasteiger partial charge >= 0.3 is 0 Å². The van der Waals surface area contributed by atoms with Crippen LogP contribution in [0.1, 0.15) is 0 Å². The van der Waals surface area contributed by atoms with Crippen molar-refractivity contribution in [3.63, 3.8) is 0 Å². The molecular weight excluding hydrogens is 116 g/mol. The first-order valence-electron chi connectivity index (χ1n) is 3.33. The number of ether oxygens (including phenoxy) is 1. The molecule has 2 saturated heterocycles. The van der Waals surface area contributed by atoms with Crippen molar-refractivity contribution in [1.29, 1.82) is 0 Å². The fourth-order valence-corrected chi connectivity index (χ4v) is 4.77. The maximum Gasteiger partial charge on any atom is 0.0815 e. The van der Waals surface area contributed by atoms with E-state index in [1.165, 1.54) is 12.1 Å². The molecule has 0 aromatic heterocycles. The van der Waals surface area contributed by atoms with Crippen LogP contribution in [0.3, 0.4) is 0 Å². The van der Waals surface area contributed by atoms with Crippen molar-refractivity contribution in [2.24, 2.45) is 0 Å². The maximum atomic E-state index is 5.32. The lowest BCUT2D eigenvalue weighted by molar-refractivity contribution is 0.377. The molecule has 0 N–H and O–H groups in total. The molecule has 2 atom stereocenters. The third kappa shape index (κ3) is 0.633. The molecule has 0 aromatic carbocycles. The summed E-state index contributed by atoms with van der Waals surface area (Å²) in [5.74, 6) is 0. The summed E-state index contributed by atoms with van der Waals surface area (Å²) in [7, 11) is -0.678. The Morgan fingerprint density at radius 1 is 1.25 bits per heavy atom. The Labute approximate surface area is 51.0 Å². The molecule has 0 spiro atoms. The van der Waals surface area contributed by atoms with E-state index < -0.39 is 8.07 Å². The van der Waals surface area contributed by atoms with Crippen molar-refractivity contribution in [2.45, 2.75) is 37.4 Å². The van der Waals surface area contributed by atoms with Gasteiger partial charge in [0.1, 0.15) is 0 Å². The SMILES string of the molecule is C[Si]1(C)CC2OC2C1. The highest BCUT2D eigenvalue weighted by molar-refractivity contribution is 6.78. The zero-order valence-corrected chi connectivity index (χ0v) is 6.48. The lowest BCUT2D eigenvalue weighted by atomic mass is 10.4. The van der Waals surface area contributed by atoms with Crippen LogP contribution in [0.15, 0.2) is 0 Å². The zero-order valence-electron chi connectivity index (χ0n) is 5.48. The summed E-state index contributed by atoms with van der Waals surface area (Å²) in [6.07, 6.45) is 1.44. The van der Waals surface area contributed by atoms with Crippen LogP contribution in [0.4, 0.5) is 0 Å². The number of hydrogen-bond donors (Lipinski definition) is 0. The number of rotatable bonds is 0. The molecule has 0 radical (unpaired) electrons. The minimum Gasteiger partial charge on any atom is -0.370 e. The van der Waals surface area contributed by atoms with E-state index in [0.717, 1.165) is 12.2 Å². The topological polar surface area (TPSA) is 12.5 Å². The van der Waals surface area contributed by atoms with Crippen molar-refractivity contribution in [3.8, 4) is 0 Å². The van der Waals surface area contributed by atoms with Gasteiger partial charge < -0.3 is 4.74 Å². The molecular formula is C6H12OSi. The van der Waals surface area contributed by atoms with E-state index >= 15 is 0 Å². The van der Waals surface area contributed by atoms with Crippen LogP contribution in [0.5, 0.6) is 0 Å². The maximum absolute atomic E-state index is 5.32. The Bertz CT molecular complexity index is 110. The average molecular weight is 128 g/mol. The zero-order chi connectivity index (χ0) is 5.78. The van der Waals surface area contributed by atoms with Crippen molar-refractivity contribution in [3.05, 3.63) is 0 Å². The third-order valence-corrected chi connectivity index (χ3v) is 5.21. The minimum absolute atomic E-state index is 0.678. The van der Waals surface area contributed by atoms with E-state index in [4.69, 9.17) is 4.74 Å². The van der Waals surface area contributed by atoms with Crippen molar-refractivity contribution in [2.75, 3.05) is 0 Å². The van der Waals surface area contributed by atoms with E-state index in [1.54, 1.807) is 0 Å². The van der Waals surface area contributed by atoms with Crippen LogP contribution in [0, 0.1) is 0 Å². The van der Waals surface area contributed by atoms with Crippen LogP contribution >= 0.6 is 0 Å². The highest BCUT2D eigenvalue weighted by Crippen LogP contribution is 2.44. The Morgan fingerprint density at radius 2 is 1.75 bits per heavy atom. The van der Waals surface area contributed by atoms with Gasteiger partial charge in [-0.1, -0.05) is 13.1 Å². The Balaban J connectivity index is 2.08. The van der Waals surface area contributed by atoms with Gasteiger partial charge in [-0.3, -0.25) is 0 Å². The number of epoxide rings is 1. The lowest BCUT2D eigenvalue weighted by Gasteiger charge is -2.14. The van der Waals surface area contributed by atoms with Crippen molar-refractivity contribution < 1.29 is 4.74 Å². The molecule has 2 rings (SSSR count). The highest BCUT2D eigenvalue weighted by Gasteiger charge is 2.52. The predicted molar refractivity (Wildman–Crippen MR) is 35.8 cm³/mol. The monoisotopic (exact) mass is 128 g/mol. The van der Waals surface area contributed by atoms with Gasteiger partial charge in [-0.15, -0.1) is 0 Å². The molecule has 2 heteroatoms. The van der Waals surface area contributed by atoms with Gasteiger partial charge in [0.2, 0.25) is 0 Å². The molecule has 2 aliphatic heterocycles. The smallest absolute Gasteiger partial charge is 0.0815 e. The first-order chi connectivity index (χ1) is 3.67. The van der Waals surface area contributed by atoms with Crippen LogP contribution in [-0.2, 0) is 4.74 Å². The van der Waals surface area contributed by atoms with E-state index in [1.807, 2.05) is 0 Å². The highest BCUT2D eigenvalue weighted by atomic mass is 28.3. The van der Waals surface area contributed by atoms with Crippen LogP contribution in [-0.4, -0.2) is 20.3 Å². The molecule has 2 aliphatic rings. The molecule has 2 fully saturated rings. The normalized spacial score (nSPS) is 48.8. The molecule has 0 bridgehead atoms. The van der Waals surface area contributed by atoms with E-state index in [2.05, 4.69) is 13.1 Å². The minimum atomic E-state index is -0.678. The summed E-state index contributed by atoms with van der Waals surface area (Å²) in [5, 5.41) is 0. The Hall–Kier alpha value is 0.177. The molecule has 0 saturated carbocycles. The molecule has 0 aliphatic carbocycles. The Kier molecular flexibility index (Phi) is 0.743. The molecule has 1 nitrogen and oxygen atoms in total. The fraction of sp³-hybridized carbons (Fsp3) is 1.00. The quantitative estimate of drug-likeness (QED) is 0.355. The van der Waals surface area contributed by atoms with Crippen LogP contribution in [0.25, 0.3) is 0 Å². The molecule has 0 amide bonds. The van der Waals surface area contributed by atoms with Crippen molar-refractivity contribution >= 4 is 8.07 Å². The first-order valence-corrected chi connectivity index (χ1v) is 6.74. The van der Waals surface area contributed by atoms with Gasteiger partial charge in [0, 0.05) is 0 Å². The second-order valence-electron chi connectivity index (χ2n) is 3.79. The second kappa shape index (κ2) is 1.19. The van der Waals surface area contributed by atoms with Crippen molar-refractivity contribution in [1.82, 2.24) is 0 Å². The summed E-state index contributed by atoms with van der Waals surface area (Å²) in [6, 6.07) is 2.86. The van der Waals surface area contributed by atoms with Gasteiger partial charge in [-0.25, -0.2) is 0 Å². The molecule has 8 heavy (non-hydrogen) atoms. The standard InChI is InChI=1S/C6H12OSi/c1-8(2)3-5-6(4-8)7-5/h5-6H,3-4H2,1-2H3.